The summed E-state index contributed by atoms with van der Waals surface area (Å²) in [6.45, 7) is 3.35. The smallest absolute Gasteiger partial charge is 0.251 e. The standard InChI is InChI=1S/C21H23NO3/c1-15(12-20(23)16-6-3-2-4-7-16)22-21(24)18-9-5-8-17(13-18)19-10-11-25-14-19/h2-9,13,15,19H,10-12,14H2,1H3,(H,22,24). The molecule has 2 aromatic carbocycles. The maximum Gasteiger partial charge on any atom is 0.251 e. The number of rotatable bonds is 6. The fourth-order valence-corrected chi connectivity index (χ4v) is 3.11. The van der Waals surface area contributed by atoms with Crippen molar-refractivity contribution >= 4 is 11.7 Å². The zero-order valence-corrected chi connectivity index (χ0v) is 14.4. The van der Waals surface area contributed by atoms with Gasteiger partial charge in [0.1, 0.15) is 0 Å². The van der Waals surface area contributed by atoms with Crippen LogP contribution in [0.5, 0.6) is 0 Å². The predicted octanol–water partition coefficient (Wildman–Crippen LogP) is 3.58. The third kappa shape index (κ3) is 4.54. The van der Waals surface area contributed by atoms with Crippen LogP contribution in [-0.2, 0) is 4.74 Å². The van der Waals surface area contributed by atoms with Crippen molar-refractivity contribution in [2.75, 3.05) is 13.2 Å². The largest absolute Gasteiger partial charge is 0.381 e. The first kappa shape index (κ1) is 17.4. The van der Waals surface area contributed by atoms with Crippen LogP contribution in [0.1, 0.15) is 52.0 Å². The van der Waals surface area contributed by atoms with Crippen molar-refractivity contribution in [1.82, 2.24) is 5.32 Å². The number of ketones is 1. The number of Topliss-reactive ketones (excluding diaryl/α,β-unsaturated/α-hetero) is 1. The summed E-state index contributed by atoms with van der Waals surface area (Å²) < 4.78 is 5.42. The lowest BCUT2D eigenvalue weighted by atomic mass is 9.96. The second-order valence-electron chi connectivity index (χ2n) is 6.55. The molecule has 1 aliphatic rings. The molecular weight excluding hydrogens is 314 g/mol. The Kier molecular flexibility index (Phi) is 5.61. The molecule has 1 aliphatic heterocycles. The third-order valence-corrected chi connectivity index (χ3v) is 4.51. The van der Waals surface area contributed by atoms with Crippen LogP contribution in [0, 0.1) is 0 Å². The van der Waals surface area contributed by atoms with Crippen LogP contribution in [0.2, 0.25) is 0 Å². The summed E-state index contributed by atoms with van der Waals surface area (Å²) in [4.78, 5) is 24.7. The molecule has 3 rings (SSSR count). The first-order valence-electron chi connectivity index (χ1n) is 8.70. The SMILES string of the molecule is CC(CC(=O)c1ccccc1)NC(=O)c1cccc(C2CCOC2)c1. The molecule has 4 heteroatoms. The summed E-state index contributed by atoms with van der Waals surface area (Å²) in [5.41, 5.74) is 2.44. The van der Waals surface area contributed by atoms with Crippen molar-refractivity contribution in [3.63, 3.8) is 0 Å². The van der Waals surface area contributed by atoms with E-state index in [1.807, 2.05) is 43.3 Å². The Bertz CT molecular complexity index is 736. The molecule has 1 saturated heterocycles. The van der Waals surface area contributed by atoms with Crippen molar-refractivity contribution in [3.05, 3.63) is 71.3 Å². The van der Waals surface area contributed by atoms with E-state index in [1.54, 1.807) is 18.2 Å². The monoisotopic (exact) mass is 337 g/mol. The van der Waals surface area contributed by atoms with Gasteiger partial charge in [-0.15, -0.1) is 0 Å². The molecule has 130 valence electrons. The van der Waals surface area contributed by atoms with E-state index in [0.717, 1.165) is 18.6 Å². The van der Waals surface area contributed by atoms with Gasteiger partial charge in [0, 0.05) is 36.1 Å². The van der Waals surface area contributed by atoms with Gasteiger partial charge in [-0.1, -0.05) is 42.5 Å². The Morgan fingerprint density at radius 3 is 2.60 bits per heavy atom. The van der Waals surface area contributed by atoms with Gasteiger partial charge in [-0.2, -0.15) is 0 Å². The Morgan fingerprint density at radius 2 is 1.88 bits per heavy atom. The Morgan fingerprint density at radius 1 is 1.12 bits per heavy atom. The highest BCUT2D eigenvalue weighted by molar-refractivity contribution is 5.98. The van der Waals surface area contributed by atoms with Crippen molar-refractivity contribution in [3.8, 4) is 0 Å². The molecule has 1 N–H and O–H groups in total. The highest BCUT2D eigenvalue weighted by Gasteiger charge is 2.19. The minimum atomic E-state index is -0.223. The van der Waals surface area contributed by atoms with Gasteiger partial charge < -0.3 is 10.1 Å². The van der Waals surface area contributed by atoms with Crippen molar-refractivity contribution < 1.29 is 14.3 Å². The molecule has 2 atom stereocenters. The minimum Gasteiger partial charge on any atom is -0.381 e. The van der Waals surface area contributed by atoms with Crippen LogP contribution in [0.4, 0.5) is 0 Å². The number of carbonyl (C=O) groups is 2. The van der Waals surface area contributed by atoms with Crippen LogP contribution in [-0.4, -0.2) is 30.9 Å². The van der Waals surface area contributed by atoms with Gasteiger partial charge >= 0.3 is 0 Å². The van der Waals surface area contributed by atoms with Crippen molar-refractivity contribution in [1.29, 1.82) is 0 Å². The zero-order valence-electron chi connectivity index (χ0n) is 14.4. The van der Waals surface area contributed by atoms with Crippen LogP contribution < -0.4 is 5.32 Å². The lowest BCUT2D eigenvalue weighted by Crippen LogP contribution is -2.34. The third-order valence-electron chi connectivity index (χ3n) is 4.51. The molecular formula is C21H23NO3. The number of amides is 1. The summed E-state index contributed by atoms with van der Waals surface area (Å²) in [5.74, 6) is 0.254. The molecule has 1 amide bonds. The molecule has 0 aromatic heterocycles. The van der Waals surface area contributed by atoms with E-state index in [-0.39, 0.29) is 24.2 Å². The molecule has 0 radical (unpaired) electrons. The van der Waals surface area contributed by atoms with E-state index < -0.39 is 0 Å². The summed E-state index contributed by atoms with van der Waals surface area (Å²) in [6.07, 6.45) is 1.28. The van der Waals surface area contributed by atoms with Gasteiger partial charge in [0.15, 0.2) is 5.78 Å². The molecule has 1 heterocycles. The second kappa shape index (κ2) is 8.08. The molecule has 2 unspecified atom stereocenters. The Hall–Kier alpha value is -2.46. The topological polar surface area (TPSA) is 55.4 Å². The molecule has 0 saturated carbocycles. The van der Waals surface area contributed by atoms with E-state index in [2.05, 4.69) is 5.32 Å². The first-order chi connectivity index (χ1) is 12.1. The van der Waals surface area contributed by atoms with Crippen molar-refractivity contribution in [2.24, 2.45) is 0 Å². The van der Waals surface area contributed by atoms with Gasteiger partial charge in [0.25, 0.3) is 5.91 Å². The fraction of sp³-hybridized carbons (Fsp3) is 0.333. The number of ether oxygens (including phenoxy) is 1. The second-order valence-corrected chi connectivity index (χ2v) is 6.55. The Balaban J connectivity index is 1.60. The average Bonchev–Trinajstić information content (AvgIpc) is 3.17. The zero-order chi connectivity index (χ0) is 17.6. The molecule has 0 bridgehead atoms. The predicted molar refractivity (Wildman–Crippen MR) is 96.9 cm³/mol. The van der Waals surface area contributed by atoms with E-state index >= 15 is 0 Å². The van der Waals surface area contributed by atoms with Gasteiger partial charge in [0.2, 0.25) is 0 Å². The highest BCUT2D eigenvalue weighted by atomic mass is 16.5. The van der Waals surface area contributed by atoms with Gasteiger partial charge in [0.05, 0.1) is 6.61 Å². The normalized spacial score (nSPS) is 17.9. The lowest BCUT2D eigenvalue weighted by Gasteiger charge is -2.15. The summed E-state index contributed by atoms with van der Waals surface area (Å²) >= 11 is 0. The number of hydrogen-bond acceptors (Lipinski definition) is 3. The minimum absolute atomic E-state index is 0.0326. The number of benzene rings is 2. The summed E-state index contributed by atoms with van der Waals surface area (Å²) in [7, 11) is 0. The van der Waals surface area contributed by atoms with Crippen LogP contribution in [0.3, 0.4) is 0 Å². The lowest BCUT2D eigenvalue weighted by molar-refractivity contribution is 0.0918. The maximum atomic E-state index is 12.5. The molecule has 2 aromatic rings. The van der Waals surface area contributed by atoms with Crippen LogP contribution in [0.25, 0.3) is 0 Å². The molecule has 0 spiro atoms. The van der Waals surface area contributed by atoms with Crippen molar-refractivity contribution in [2.45, 2.75) is 31.7 Å². The van der Waals surface area contributed by atoms with Gasteiger partial charge in [-0.05, 0) is 31.0 Å². The molecule has 25 heavy (non-hydrogen) atoms. The summed E-state index contributed by atoms with van der Waals surface area (Å²) in [5, 5.41) is 2.92. The summed E-state index contributed by atoms with van der Waals surface area (Å²) in [6, 6.07) is 16.6. The first-order valence-corrected chi connectivity index (χ1v) is 8.70. The van der Waals surface area contributed by atoms with Crippen LogP contribution >= 0.6 is 0 Å². The average molecular weight is 337 g/mol. The maximum absolute atomic E-state index is 12.5. The number of carbonyl (C=O) groups excluding carboxylic acids is 2. The van der Waals surface area contributed by atoms with E-state index in [0.29, 0.717) is 23.7 Å². The van der Waals surface area contributed by atoms with Crippen LogP contribution in [0.15, 0.2) is 54.6 Å². The molecule has 1 fully saturated rings. The number of nitrogens with one attached hydrogen (secondary N) is 1. The fourth-order valence-electron chi connectivity index (χ4n) is 3.11. The van der Waals surface area contributed by atoms with E-state index in [4.69, 9.17) is 4.74 Å². The molecule has 4 nitrogen and oxygen atoms in total. The van der Waals surface area contributed by atoms with E-state index in [9.17, 15) is 9.59 Å². The molecule has 0 aliphatic carbocycles. The number of hydrogen-bond donors (Lipinski definition) is 1. The quantitative estimate of drug-likeness (QED) is 0.820. The van der Waals surface area contributed by atoms with Gasteiger partial charge in [-0.25, -0.2) is 0 Å². The highest BCUT2D eigenvalue weighted by Crippen LogP contribution is 2.25. The Labute approximate surface area is 148 Å². The van der Waals surface area contributed by atoms with Gasteiger partial charge in [-0.3, -0.25) is 9.59 Å². The van der Waals surface area contributed by atoms with E-state index in [1.165, 1.54) is 0 Å².